The van der Waals surface area contributed by atoms with Gasteiger partial charge in [-0.2, -0.15) is 0 Å². The SMILES string of the molecule is OCCCN(Cc1cccc(O)c1)C1CCC1. The quantitative estimate of drug-likeness (QED) is 0.794. The fourth-order valence-electron chi connectivity index (χ4n) is 2.31. The number of hydrogen-bond acceptors (Lipinski definition) is 3. The number of phenolic OH excluding ortho intramolecular Hbond substituents is 1. The normalized spacial score (nSPS) is 16.1. The lowest BCUT2D eigenvalue weighted by Gasteiger charge is -2.37. The van der Waals surface area contributed by atoms with Crippen molar-refractivity contribution in [2.75, 3.05) is 13.2 Å². The van der Waals surface area contributed by atoms with Gasteiger partial charge in [0.1, 0.15) is 5.75 Å². The number of aliphatic hydroxyl groups is 1. The summed E-state index contributed by atoms with van der Waals surface area (Å²) < 4.78 is 0. The Morgan fingerprint density at radius 3 is 2.71 bits per heavy atom. The van der Waals surface area contributed by atoms with Gasteiger partial charge in [-0.1, -0.05) is 18.6 Å². The first-order chi connectivity index (χ1) is 8.29. The van der Waals surface area contributed by atoms with E-state index in [-0.39, 0.29) is 6.61 Å². The number of nitrogens with zero attached hydrogens (tertiary/aromatic N) is 1. The van der Waals surface area contributed by atoms with Gasteiger partial charge in [0.05, 0.1) is 0 Å². The Balaban J connectivity index is 1.95. The molecule has 0 unspecified atom stereocenters. The molecule has 2 N–H and O–H groups in total. The highest BCUT2D eigenvalue weighted by molar-refractivity contribution is 5.27. The molecule has 1 aliphatic carbocycles. The summed E-state index contributed by atoms with van der Waals surface area (Å²) in [5.41, 5.74) is 1.15. The van der Waals surface area contributed by atoms with Crippen molar-refractivity contribution in [2.24, 2.45) is 0 Å². The van der Waals surface area contributed by atoms with E-state index in [1.165, 1.54) is 19.3 Å². The molecular formula is C14H21NO2. The summed E-state index contributed by atoms with van der Waals surface area (Å²) in [6, 6.07) is 8.12. The monoisotopic (exact) mass is 235 g/mol. The molecule has 1 aromatic rings. The maximum atomic E-state index is 9.45. The van der Waals surface area contributed by atoms with Crippen molar-refractivity contribution < 1.29 is 10.2 Å². The average Bonchev–Trinajstić information content (AvgIpc) is 2.23. The predicted molar refractivity (Wildman–Crippen MR) is 67.9 cm³/mol. The number of aromatic hydroxyl groups is 1. The molecule has 3 heteroatoms. The van der Waals surface area contributed by atoms with Crippen LogP contribution in [-0.4, -0.2) is 34.3 Å². The number of benzene rings is 1. The molecule has 0 heterocycles. The number of aliphatic hydroxyl groups excluding tert-OH is 1. The predicted octanol–water partition coefficient (Wildman–Crippen LogP) is 2.13. The van der Waals surface area contributed by atoms with Crippen molar-refractivity contribution in [3.63, 3.8) is 0 Å². The van der Waals surface area contributed by atoms with Crippen LogP contribution in [0.1, 0.15) is 31.2 Å². The van der Waals surface area contributed by atoms with Crippen molar-refractivity contribution in [1.29, 1.82) is 0 Å². The smallest absolute Gasteiger partial charge is 0.115 e. The largest absolute Gasteiger partial charge is 0.508 e. The van der Waals surface area contributed by atoms with Crippen molar-refractivity contribution in [3.8, 4) is 5.75 Å². The van der Waals surface area contributed by atoms with Gasteiger partial charge < -0.3 is 10.2 Å². The molecule has 1 saturated carbocycles. The van der Waals surface area contributed by atoms with Crippen LogP contribution >= 0.6 is 0 Å². The summed E-state index contributed by atoms with van der Waals surface area (Å²) in [7, 11) is 0. The first-order valence-electron chi connectivity index (χ1n) is 6.42. The van der Waals surface area contributed by atoms with Crippen LogP contribution in [0.3, 0.4) is 0 Å². The van der Waals surface area contributed by atoms with Gasteiger partial charge in [0.15, 0.2) is 0 Å². The lowest BCUT2D eigenvalue weighted by atomic mass is 9.91. The van der Waals surface area contributed by atoms with E-state index >= 15 is 0 Å². The number of phenols is 1. The van der Waals surface area contributed by atoms with Crippen LogP contribution < -0.4 is 0 Å². The van der Waals surface area contributed by atoms with E-state index in [9.17, 15) is 5.11 Å². The third-order valence-electron chi connectivity index (χ3n) is 3.49. The molecule has 0 radical (unpaired) electrons. The molecule has 3 nitrogen and oxygen atoms in total. The van der Waals surface area contributed by atoms with Crippen LogP contribution in [0.5, 0.6) is 5.75 Å². The van der Waals surface area contributed by atoms with Crippen molar-refractivity contribution in [1.82, 2.24) is 4.90 Å². The summed E-state index contributed by atoms with van der Waals surface area (Å²) in [4.78, 5) is 2.43. The zero-order chi connectivity index (χ0) is 12.1. The molecule has 17 heavy (non-hydrogen) atoms. The molecule has 0 atom stereocenters. The van der Waals surface area contributed by atoms with E-state index in [0.717, 1.165) is 25.1 Å². The van der Waals surface area contributed by atoms with Crippen LogP contribution in [0.15, 0.2) is 24.3 Å². The Labute approximate surface area is 103 Å². The van der Waals surface area contributed by atoms with Crippen molar-refractivity contribution in [3.05, 3.63) is 29.8 Å². The molecule has 0 bridgehead atoms. The lowest BCUT2D eigenvalue weighted by molar-refractivity contribution is 0.109. The maximum absolute atomic E-state index is 9.45. The Kier molecular flexibility index (Phi) is 4.40. The fraction of sp³-hybridized carbons (Fsp3) is 0.571. The van der Waals surface area contributed by atoms with E-state index in [1.54, 1.807) is 6.07 Å². The topological polar surface area (TPSA) is 43.7 Å². The Morgan fingerprint density at radius 1 is 1.29 bits per heavy atom. The van der Waals surface area contributed by atoms with E-state index < -0.39 is 0 Å². The Morgan fingerprint density at radius 2 is 2.12 bits per heavy atom. The van der Waals surface area contributed by atoms with Gasteiger partial charge >= 0.3 is 0 Å². The average molecular weight is 235 g/mol. The summed E-state index contributed by atoms with van der Waals surface area (Å²) in [6.45, 7) is 2.07. The Bertz CT molecular complexity index is 350. The van der Waals surface area contributed by atoms with Crippen LogP contribution in [0.25, 0.3) is 0 Å². The highest BCUT2D eigenvalue weighted by Gasteiger charge is 2.24. The summed E-state index contributed by atoms with van der Waals surface area (Å²) >= 11 is 0. The highest BCUT2D eigenvalue weighted by Crippen LogP contribution is 2.26. The maximum Gasteiger partial charge on any atom is 0.115 e. The molecule has 0 amide bonds. The molecule has 0 aromatic heterocycles. The van der Waals surface area contributed by atoms with Gasteiger partial charge in [0.25, 0.3) is 0 Å². The minimum absolute atomic E-state index is 0.253. The molecule has 0 saturated heterocycles. The second kappa shape index (κ2) is 6.03. The number of rotatable bonds is 6. The van der Waals surface area contributed by atoms with E-state index in [2.05, 4.69) is 4.90 Å². The lowest BCUT2D eigenvalue weighted by Crippen LogP contribution is -2.40. The first kappa shape index (κ1) is 12.4. The third-order valence-corrected chi connectivity index (χ3v) is 3.49. The van der Waals surface area contributed by atoms with Gasteiger partial charge in [-0.25, -0.2) is 0 Å². The minimum atomic E-state index is 0.253. The zero-order valence-electron chi connectivity index (χ0n) is 10.2. The van der Waals surface area contributed by atoms with Crippen LogP contribution in [0.2, 0.25) is 0 Å². The van der Waals surface area contributed by atoms with Gasteiger partial charge in [0, 0.05) is 25.7 Å². The Hall–Kier alpha value is -1.06. The zero-order valence-corrected chi connectivity index (χ0v) is 10.2. The highest BCUT2D eigenvalue weighted by atomic mass is 16.3. The van der Waals surface area contributed by atoms with E-state index in [4.69, 9.17) is 5.11 Å². The molecule has 1 aromatic carbocycles. The molecule has 0 aliphatic heterocycles. The molecule has 2 rings (SSSR count). The van der Waals surface area contributed by atoms with Gasteiger partial charge in [-0.3, -0.25) is 4.90 Å². The van der Waals surface area contributed by atoms with Crippen LogP contribution in [0, 0.1) is 0 Å². The van der Waals surface area contributed by atoms with Crippen molar-refractivity contribution in [2.45, 2.75) is 38.3 Å². The second-order valence-electron chi connectivity index (χ2n) is 4.80. The minimum Gasteiger partial charge on any atom is -0.508 e. The third kappa shape index (κ3) is 3.45. The summed E-state index contributed by atoms with van der Waals surface area (Å²) in [6.07, 6.45) is 4.68. The van der Waals surface area contributed by atoms with Gasteiger partial charge in [-0.05, 0) is 37.0 Å². The molecule has 1 aliphatic rings. The van der Waals surface area contributed by atoms with E-state index in [1.807, 2.05) is 18.2 Å². The molecule has 94 valence electrons. The van der Waals surface area contributed by atoms with Crippen molar-refractivity contribution >= 4 is 0 Å². The number of hydrogen-bond donors (Lipinski definition) is 2. The molecule has 1 fully saturated rings. The van der Waals surface area contributed by atoms with Crippen LogP contribution in [0.4, 0.5) is 0 Å². The fourth-order valence-corrected chi connectivity index (χ4v) is 2.31. The summed E-state index contributed by atoms with van der Waals surface area (Å²) in [5.74, 6) is 0.332. The standard InChI is InChI=1S/C14H21NO2/c16-9-3-8-15(13-5-2-6-13)11-12-4-1-7-14(17)10-12/h1,4,7,10,13,16-17H,2-3,5-6,8-9,11H2. The summed E-state index contributed by atoms with van der Waals surface area (Å²) in [5, 5.41) is 18.4. The molecular weight excluding hydrogens is 214 g/mol. The van der Waals surface area contributed by atoms with E-state index in [0.29, 0.717) is 11.8 Å². The van der Waals surface area contributed by atoms with Gasteiger partial charge in [0.2, 0.25) is 0 Å². The molecule has 0 spiro atoms. The van der Waals surface area contributed by atoms with Crippen LogP contribution in [-0.2, 0) is 6.54 Å². The second-order valence-corrected chi connectivity index (χ2v) is 4.80. The first-order valence-corrected chi connectivity index (χ1v) is 6.42. The van der Waals surface area contributed by atoms with Gasteiger partial charge in [-0.15, -0.1) is 0 Å².